The third kappa shape index (κ3) is 10.1. The zero-order valence-electron chi connectivity index (χ0n) is 21.9. The van der Waals surface area contributed by atoms with Crippen molar-refractivity contribution in [3.8, 4) is 11.5 Å². The molecule has 0 spiro atoms. The Balaban J connectivity index is 0.000000358. The van der Waals surface area contributed by atoms with Gasteiger partial charge >= 0.3 is 11.6 Å². The number of aliphatic hydroxyl groups is 1. The fourth-order valence-electron chi connectivity index (χ4n) is 3.23. The number of pyridine rings is 2. The lowest BCUT2D eigenvalue weighted by Crippen LogP contribution is -2.07. The number of benzene rings is 2. The normalized spacial score (nSPS) is 11.4. The first-order valence-electron chi connectivity index (χ1n) is 11.7. The van der Waals surface area contributed by atoms with Crippen molar-refractivity contribution in [2.45, 2.75) is 33.5 Å². The van der Waals surface area contributed by atoms with Crippen LogP contribution in [0.2, 0.25) is 20.1 Å². The van der Waals surface area contributed by atoms with E-state index in [-0.39, 0.29) is 44.4 Å². The summed E-state index contributed by atoms with van der Waals surface area (Å²) in [6.45, 7) is 3.04. The Morgan fingerprint density at radius 2 is 1.25 bits per heavy atom. The van der Waals surface area contributed by atoms with E-state index in [0.29, 0.717) is 0 Å². The highest BCUT2D eigenvalue weighted by Crippen LogP contribution is 2.36. The molecule has 2 aromatic carbocycles. The van der Waals surface area contributed by atoms with Crippen molar-refractivity contribution in [1.29, 1.82) is 0 Å². The number of rotatable bonds is 6. The number of nitrogens with zero attached hydrogens (tertiary/aromatic N) is 4. The SMILES string of the molecule is C.C[C@@H](O)c1c(Cl)ccc(F)c1Cl.C[C@H](Oc1cccnc1[N+](=O)[O-])c1c(Cl)ccc(F)c1Cl.O=[N+]([O-])c1ncccc1O. The van der Waals surface area contributed by atoms with Crippen molar-refractivity contribution in [2.24, 2.45) is 0 Å². The fraction of sp³-hybridized carbons (Fsp3) is 0.185. The summed E-state index contributed by atoms with van der Waals surface area (Å²) >= 11 is 23.1. The molecule has 11 nitrogen and oxygen atoms in total. The van der Waals surface area contributed by atoms with Crippen LogP contribution >= 0.6 is 46.4 Å². The summed E-state index contributed by atoms with van der Waals surface area (Å²) in [5, 5.41) is 39.0. The highest BCUT2D eigenvalue weighted by atomic mass is 35.5. The first kappa shape index (κ1) is 38.1. The topological polar surface area (TPSA) is 162 Å². The molecule has 0 saturated heterocycles. The van der Waals surface area contributed by atoms with Gasteiger partial charge in [0, 0.05) is 21.2 Å². The molecule has 0 aliphatic heterocycles. The van der Waals surface area contributed by atoms with Crippen LogP contribution in [0, 0.1) is 31.9 Å². The Hall–Kier alpha value is -3.88. The third-order valence-corrected chi connectivity index (χ3v) is 6.58. The molecule has 236 valence electrons. The number of nitro groups is 2. The van der Waals surface area contributed by atoms with E-state index in [4.69, 9.17) is 56.2 Å². The van der Waals surface area contributed by atoms with Gasteiger partial charge in [0.2, 0.25) is 11.5 Å². The molecular weight excluding hydrogens is 672 g/mol. The Bertz CT molecular complexity index is 1620. The van der Waals surface area contributed by atoms with E-state index in [1.807, 2.05) is 0 Å². The number of aliphatic hydroxyl groups excluding tert-OH is 1. The molecular formula is C27H24Cl4F2N4O7. The van der Waals surface area contributed by atoms with Gasteiger partial charge in [-0.1, -0.05) is 53.8 Å². The molecule has 0 aliphatic rings. The van der Waals surface area contributed by atoms with Crippen molar-refractivity contribution in [3.05, 3.63) is 124 Å². The standard InChI is InChI=1S/C13H9Cl2FN2O3.C8H7Cl2FO.C5H4N2O3.CH4/c1-7(11-8(14)4-5-9(16)12(11)15)21-10-3-2-6-17-13(10)18(19)20;1-4(12)7-5(9)2-3-6(11)8(7)10;8-4-2-1-3-6-5(4)7(9)10;/h2-7H,1H3;2-4,12H,1H3;1-3,8H;1H4/t7-;4-;;/m01../s1. The molecule has 2 aromatic heterocycles. The number of hydrogen-bond acceptors (Lipinski definition) is 9. The van der Waals surface area contributed by atoms with Crippen LogP contribution in [0.25, 0.3) is 0 Å². The Morgan fingerprint density at radius 1 is 0.795 bits per heavy atom. The van der Waals surface area contributed by atoms with Crippen LogP contribution < -0.4 is 4.74 Å². The van der Waals surface area contributed by atoms with Crippen LogP contribution in [0.4, 0.5) is 20.4 Å². The Morgan fingerprint density at radius 3 is 1.68 bits per heavy atom. The summed E-state index contributed by atoms with van der Waals surface area (Å²) in [5.41, 5.74) is 0.454. The molecule has 44 heavy (non-hydrogen) atoms. The molecule has 0 fully saturated rings. The number of halogens is 6. The lowest BCUT2D eigenvalue weighted by Gasteiger charge is -2.17. The second-order valence-corrected chi connectivity index (χ2v) is 9.71. The first-order valence-corrected chi connectivity index (χ1v) is 13.2. The molecule has 2 N–H and O–H groups in total. The summed E-state index contributed by atoms with van der Waals surface area (Å²) in [6.07, 6.45) is 0.875. The first-order chi connectivity index (χ1) is 20.2. The number of aromatic hydroxyl groups is 1. The average molecular weight is 696 g/mol. The Kier molecular flexibility index (Phi) is 15.1. The van der Waals surface area contributed by atoms with Crippen molar-refractivity contribution in [2.75, 3.05) is 0 Å². The van der Waals surface area contributed by atoms with Gasteiger partial charge in [0.15, 0.2) is 0 Å². The van der Waals surface area contributed by atoms with Crippen LogP contribution in [-0.2, 0) is 0 Å². The molecule has 2 atom stereocenters. The molecule has 0 unspecified atom stereocenters. The summed E-state index contributed by atoms with van der Waals surface area (Å²) < 4.78 is 31.8. The smallest absolute Gasteiger partial charge is 0.406 e. The van der Waals surface area contributed by atoms with E-state index in [1.54, 1.807) is 6.92 Å². The fourth-order valence-corrected chi connectivity index (χ4v) is 4.60. The highest BCUT2D eigenvalue weighted by molar-refractivity contribution is 6.36. The quantitative estimate of drug-likeness (QED) is 0.114. The molecule has 0 saturated carbocycles. The highest BCUT2D eigenvalue weighted by Gasteiger charge is 2.23. The summed E-state index contributed by atoms with van der Waals surface area (Å²) in [4.78, 5) is 26.4. The second-order valence-electron chi connectivity index (χ2n) is 8.14. The van der Waals surface area contributed by atoms with Gasteiger partial charge in [-0.2, -0.15) is 0 Å². The molecule has 0 radical (unpaired) electrons. The van der Waals surface area contributed by atoms with Gasteiger partial charge in [-0.3, -0.25) is 0 Å². The van der Waals surface area contributed by atoms with E-state index in [1.165, 1.54) is 55.7 Å². The number of hydrogen-bond donors (Lipinski definition) is 2. The maximum absolute atomic E-state index is 13.5. The zero-order chi connectivity index (χ0) is 32.4. The lowest BCUT2D eigenvalue weighted by molar-refractivity contribution is -0.390. The summed E-state index contributed by atoms with van der Waals surface area (Å²) in [5.74, 6) is -2.63. The van der Waals surface area contributed by atoms with Gasteiger partial charge in [0.25, 0.3) is 0 Å². The predicted molar refractivity (Wildman–Crippen MR) is 163 cm³/mol. The monoisotopic (exact) mass is 694 g/mol. The average Bonchev–Trinajstić information content (AvgIpc) is 2.94. The van der Waals surface area contributed by atoms with Crippen molar-refractivity contribution in [1.82, 2.24) is 9.97 Å². The molecule has 0 bridgehead atoms. The van der Waals surface area contributed by atoms with Crippen molar-refractivity contribution >= 4 is 58.0 Å². The van der Waals surface area contributed by atoms with E-state index >= 15 is 0 Å². The molecule has 0 aliphatic carbocycles. The van der Waals surface area contributed by atoms with Crippen LogP contribution in [-0.4, -0.2) is 30.0 Å². The molecule has 4 rings (SSSR count). The minimum absolute atomic E-state index is 0. The largest absolute Gasteiger partial charge is 0.501 e. The Labute approximate surface area is 269 Å². The van der Waals surface area contributed by atoms with Gasteiger partial charge in [-0.05, 0) is 82.2 Å². The van der Waals surface area contributed by atoms with Gasteiger partial charge in [-0.15, -0.1) is 0 Å². The van der Waals surface area contributed by atoms with Crippen LogP contribution in [0.1, 0.15) is 44.6 Å². The number of ether oxygens (including phenoxy) is 1. The van der Waals surface area contributed by atoms with Gasteiger partial charge < -0.3 is 35.2 Å². The van der Waals surface area contributed by atoms with Gasteiger partial charge in [0.05, 0.1) is 16.1 Å². The zero-order valence-corrected chi connectivity index (χ0v) is 24.9. The predicted octanol–water partition coefficient (Wildman–Crippen LogP) is 9.09. The molecule has 2 heterocycles. The molecule has 17 heteroatoms. The molecule has 0 amide bonds. The van der Waals surface area contributed by atoms with E-state index in [0.717, 1.165) is 12.1 Å². The van der Waals surface area contributed by atoms with Crippen LogP contribution in [0.5, 0.6) is 11.5 Å². The summed E-state index contributed by atoms with van der Waals surface area (Å²) in [7, 11) is 0. The molecule has 4 aromatic rings. The van der Waals surface area contributed by atoms with Crippen molar-refractivity contribution in [3.63, 3.8) is 0 Å². The number of aromatic nitrogens is 2. The maximum atomic E-state index is 13.5. The van der Waals surface area contributed by atoms with E-state index in [9.17, 15) is 34.1 Å². The minimum Gasteiger partial charge on any atom is -0.501 e. The second kappa shape index (κ2) is 17.4. The van der Waals surface area contributed by atoms with Gasteiger partial charge in [-0.25, -0.2) is 8.78 Å². The third-order valence-electron chi connectivity index (χ3n) is 5.15. The minimum atomic E-state index is -0.860. The maximum Gasteiger partial charge on any atom is 0.406 e. The van der Waals surface area contributed by atoms with Gasteiger partial charge in [0.1, 0.15) is 30.1 Å². The van der Waals surface area contributed by atoms with E-state index in [2.05, 4.69) is 9.97 Å². The van der Waals surface area contributed by atoms with Crippen LogP contribution in [0.15, 0.2) is 60.9 Å². The van der Waals surface area contributed by atoms with E-state index < -0.39 is 51.1 Å². The lowest BCUT2D eigenvalue weighted by atomic mass is 10.1. The summed E-state index contributed by atoms with van der Waals surface area (Å²) in [6, 6.07) is 10.5. The van der Waals surface area contributed by atoms with Crippen molar-refractivity contribution < 1.29 is 33.6 Å². The van der Waals surface area contributed by atoms with Crippen LogP contribution in [0.3, 0.4) is 0 Å².